The first-order valence-corrected chi connectivity index (χ1v) is 9.55. The fourth-order valence-electron chi connectivity index (χ4n) is 2.89. The van der Waals surface area contributed by atoms with Gasteiger partial charge in [-0.1, -0.05) is 24.3 Å². The quantitative estimate of drug-likeness (QED) is 0.474. The van der Waals surface area contributed by atoms with Crippen LogP contribution in [-0.2, 0) is 6.54 Å². The lowest BCUT2D eigenvalue weighted by atomic mass is 10.2. The Balaban J connectivity index is 1.70. The van der Waals surface area contributed by atoms with Gasteiger partial charge in [-0.2, -0.15) is 4.98 Å². The van der Waals surface area contributed by atoms with Gasteiger partial charge >= 0.3 is 0 Å². The zero-order valence-corrected chi connectivity index (χ0v) is 16.0. The number of aryl methyl sites for hydroxylation is 1. The molecule has 0 amide bonds. The summed E-state index contributed by atoms with van der Waals surface area (Å²) in [6.45, 7) is 2.77. The first-order valence-electron chi connectivity index (χ1n) is 8.67. The molecule has 2 heterocycles. The van der Waals surface area contributed by atoms with Gasteiger partial charge in [-0.05, 0) is 48.2 Å². The first kappa shape index (κ1) is 17.3. The predicted molar refractivity (Wildman–Crippen MR) is 112 cm³/mol. The summed E-state index contributed by atoms with van der Waals surface area (Å²) in [5, 5.41) is 9.82. The first-order chi connectivity index (χ1) is 13.2. The summed E-state index contributed by atoms with van der Waals surface area (Å²) >= 11 is 1.72. The predicted octanol–water partition coefficient (Wildman–Crippen LogP) is 5.36. The number of aromatic nitrogens is 2. The molecule has 4 rings (SSSR count). The smallest absolute Gasteiger partial charge is 0.229 e. The minimum Gasteiger partial charge on any atom is -0.495 e. The minimum absolute atomic E-state index is 0.534. The number of hydrogen-bond acceptors (Lipinski definition) is 6. The molecule has 2 aromatic carbocycles. The Morgan fingerprint density at radius 1 is 1.04 bits per heavy atom. The third-order valence-electron chi connectivity index (χ3n) is 4.21. The van der Waals surface area contributed by atoms with Crippen molar-refractivity contribution in [2.24, 2.45) is 0 Å². The van der Waals surface area contributed by atoms with Gasteiger partial charge < -0.3 is 15.4 Å². The third kappa shape index (κ3) is 3.85. The highest BCUT2D eigenvalue weighted by Crippen LogP contribution is 2.29. The summed E-state index contributed by atoms with van der Waals surface area (Å²) in [6.07, 6.45) is 0. The lowest BCUT2D eigenvalue weighted by Gasteiger charge is -2.13. The van der Waals surface area contributed by atoms with E-state index in [4.69, 9.17) is 9.72 Å². The number of ether oxygens (including phenoxy) is 1. The van der Waals surface area contributed by atoms with Gasteiger partial charge in [-0.15, -0.1) is 11.3 Å². The second-order valence-electron chi connectivity index (χ2n) is 6.17. The average molecular weight is 376 g/mol. The second kappa shape index (κ2) is 7.63. The molecule has 0 aliphatic carbocycles. The van der Waals surface area contributed by atoms with E-state index in [-0.39, 0.29) is 0 Å². The number of benzene rings is 2. The van der Waals surface area contributed by atoms with E-state index in [0.717, 1.165) is 40.3 Å². The molecule has 0 aliphatic rings. The van der Waals surface area contributed by atoms with Crippen molar-refractivity contribution in [3.05, 3.63) is 70.4 Å². The van der Waals surface area contributed by atoms with Gasteiger partial charge in [0.1, 0.15) is 11.6 Å². The van der Waals surface area contributed by atoms with E-state index in [0.29, 0.717) is 5.95 Å². The van der Waals surface area contributed by atoms with Crippen molar-refractivity contribution in [3.8, 4) is 5.75 Å². The molecule has 0 spiro atoms. The third-order valence-corrected chi connectivity index (χ3v) is 5.09. The van der Waals surface area contributed by atoms with Crippen LogP contribution in [0.5, 0.6) is 5.75 Å². The number of rotatable bonds is 6. The zero-order chi connectivity index (χ0) is 18.6. The number of fused-ring (bicyclic) bond motifs is 1. The standard InChI is InChI=1S/C21H20N4OS/c1-14-9-10-19(26-2)18(12-14)24-21-23-17-8-4-3-7-16(17)20(25-21)22-13-15-6-5-11-27-15/h3-12H,13H2,1-2H3,(H2,22,23,24,25). The molecule has 0 saturated carbocycles. The van der Waals surface area contributed by atoms with E-state index >= 15 is 0 Å². The van der Waals surface area contributed by atoms with Crippen LogP contribution in [0.2, 0.25) is 0 Å². The highest BCUT2D eigenvalue weighted by Gasteiger charge is 2.10. The van der Waals surface area contributed by atoms with E-state index in [1.165, 1.54) is 4.88 Å². The Morgan fingerprint density at radius 2 is 1.93 bits per heavy atom. The summed E-state index contributed by atoms with van der Waals surface area (Å²) in [4.78, 5) is 10.6. The number of anilines is 3. The van der Waals surface area contributed by atoms with Crippen molar-refractivity contribution in [2.75, 3.05) is 17.7 Å². The van der Waals surface area contributed by atoms with Crippen LogP contribution in [0.1, 0.15) is 10.4 Å². The molecule has 5 nitrogen and oxygen atoms in total. The fraction of sp³-hybridized carbons (Fsp3) is 0.143. The molecule has 6 heteroatoms. The van der Waals surface area contributed by atoms with Crippen molar-refractivity contribution in [1.82, 2.24) is 9.97 Å². The molecule has 4 aromatic rings. The number of nitrogens with zero attached hydrogens (tertiary/aromatic N) is 2. The molecule has 2 aromatic heterocycles. The molecule has 0 aliphatic heterocycles. The molecule has 0 unspecified atom stereocenters. The number of thiophene rings is 1. The highest BCUT2D eigenvalue weighted by molar-refractivity contribution is 7.09. The van der Waals surface area contributed by atoms with Gasteiger partial charge in [0.05, 0.1) is 24.9 Å². The monoisotopic (exact) mass is 376 g/mol. The molecule has 0 saturated heterocycles. The van der Waals surface area contributed by atoms with Crippen LogP contribution in [0.25, 0.3) is 10.9 Å². The van der Waals surface area contributed by atoms with E-state index < -0.39 is 0 Å². The molecule has 0 radical (unpaired) electrons. The van der Waals surface area contributed by atoms with Crippen molar-refractivity contribution in [1.29, 1.82) is 0 Å². The van der Waals surface area contributed by atoms with Crippen LogP contribution in [0.4, 0.5) is 17.5 Å². The normalized spacial score (nSPS) is 10.7. The Kier molecular flexibility index (Phi) is 4.89. The van der Waals surface area contributed by atoms with Crippen LogP contribution in [-0.4, -0.2) is 17.1 Å². The van der Waals surface area contributed by atoms with Gasteiger partial charge in [0, 0.05) is 10.3 Å². The van der Waals surface area contributed by atoms with Crippen LogP contribution < -0.4 is 15.4 Å². The summed E-state index contributed by atoms with van der Waals surface area (Å²) in [5.74, 6) is 2.10. The van der Waals surface area contributed by atoms with Crippen LogP contribution in [0.3, 0.4) is 0 Å². The number of methoxy groups -OCH3 is 1. The van der Waals surface area contributed by atoms with Crippen LogP contribution >= 0.6 is 11.3 Å². The Morgan fingerprint density at radius 3 is 2.74 bits per heavy atom. The molecular weight excluding hydrogens is 356 g/mol. The molecule has 0 atom stereocenters. The molecule has 136 valence electrons. The van der Waals surface area contributed by atoms with Gasteiger partial charge in [0.25, 0.3) is 0 Å². The second-order valence-corrected chi connectivity index (χ2v) is 7.21. The molecule has 0 bridgehead atoms. The van der Waals surface area contributed by atoms with Gasteiger partial charge in [-0.25, -0.2) is 4.98 Å². The largest absolute Gasteiger partial charge is 0.495 e. The van der Waals surface area contributed by atoms with Crippen molar-refractivity contribution in [3.63, 3.8) is 0 Å². The van der Waals surface area contributed by atoms with Crippen LogP contribution in [0.15, 0.2) is 60.0 Å². The highest BCUT2D eigenvalue weighted by atomic mass is 32.1. The number of hydrogen-bond donors (Lipinski definition) is 2. The van der Waals surface area contributed by atoms with E-state index in [1.807, 2.05) is 49.4 Å². The van der Waals surface area contributed by atoms with Crippen molar-refractivity contribution in [2.45, 2.75) is 13.5 Å². The maximum absolute atomic E-state index is 5.45. The summed E-state index contributed by atoms with van der Waals surface area (Å²) in [7, 11) is 1.66. The molecular formula is C21H20N4OS. The summed E-state index contributed by atoms with van der Waals surface area (Å²) < 4.78 is 5.45. The van der Waals surface area contributed by atoms with E-state index in [9.17, 15) is 0 Å². The molecule has 27 heavy (non-hydrogen) atoms. The lowest BCUT2D eigenvalue weighted by Crippen LogP contribution is -2.05. The lowest BCUT2D eigenvalue weighted by molar-refractivity contribution is 0.416. The van der Waals surface area contributed by atoms with Gasteiger partial charge in [0.15, 0.2) is 0 Å². The maximum atomic E-state index is 5.45. The molecule has 0 fully saturated rings. The Bertz CT molecular complexity index is 1060. The number of para-hydroxylation sites is 1. The van der Waals surface area contributed by atoms with E-state index in [1.54, 1.807) is 18.4 Å². The zero-order valence-electron chi connectivity index (χ0n) is 15.2. The SMILES string of the molecule is COc1ccc(C)cc1Nc1nc(NCc2cccs2)c2ccccc2n1. The number of nitrogens with one attached hydrogen (secondary N) is 2. The van der Waals surface area contributed by atoms with Crippen molar-refractivity contribution < 1.29 is 4.74 Å². The molecule has 2 N–H and O–H groups in total. The van der Waals surface area contributed by atoms with Crippen molar-refractivity contribution >= 4 is 39.7 Å². The Hall–Kier alpha value is -3.12. The summed E-state index contributed by atoms with van der Waals surface area (Å²) in [6, 6.07) is 18.1. The maximum Gasteiger partial charge on any atom is 0.229 e. The summed E-state index contributed by atoms with van der Waals surface area (Å²) in [5.41, 5.74) is 2.86. The minimum atomic E-state index is 0.534. The fourth-order valence-corrected chi connectivity index (χ4v) is 3.54. The Labute approximate surface area is 162 Å². The average Bonchev–Trinajstić information content (AvgIpc) is 3.20. The van der Waals surface area contributed by atoms with E-state index in [2.05, 4.69) is 33.1 Å². The van der Waals surface area contributed by atoms with Gasteiger partial charge in [-0.3, -0.25) is 0 Å². The van der Waals surface area contributed by atoms with Gasteiger partial charge in [0.2, 0.25) is 5.95 Å². The van der Waals surface area contributed by atoms with Crippen LogP contribution in [0, 0.1) is 6.92 Å². The topological polar surface area (TPSA) is 59.1 Å².